The Morgan fingerprint density at radius 1 is 1.12 bits per heavy atom. The summed E-state index contributed by atoms with van der Waals surface area (Å²) >= 11 is 1.36. The summed E-state index contributed by atoms with van der Waals surface area (Å²) in [6, 6.07) is 16.3. The van der Waals surface area contributed by atoms with Gasteiger partial charge in [0.1, 0.15) is 10.8 Å². The van der Waals surface area contributed by atoms with Crippen LogP contribution >= 0.6 is 11.3 Å². The molecule has 5 heteroatoms. The summed E-state index contributed by atoms with van der Waals surface area (Å²) in [7, 11) is 0. The predicted molar refractivity (Wildman–Crippen MR) is 94.2 cm³/mol. The third kappa shape index (κ3) is 3.86. The third-order valence-corrected chi connectivity index (χ3v) is 4.84. The maximum absolute atomic E-state index is 13.9. The van der Waals surface area contributed by atoms with Crippen molar-refractivity contribution in [2.45, 2.75) is 19.9 Å². The van der Waals surface area contributed by atoms with E-state index >= 15 is 0 Å². The molecule has 24 heavy (non-hydrogen) atoms. The van der Waals surface area contributed by atoms with Crippen LogP contribution in [0.25, 0.3) is 10.6 Å². The highest BCUT2D eigenvalue weighted by Gasteiger charge is 2.15. The molecule has 0 saturated heterocycles. The number of rotatable bonds is 5. The number of hydrogen-bond donors (Lipinski definition) is 1. The molecule has 0 saturated carbocycles. The topological polar surface area (TPSA) is 42.0 Å². The Balaban J connectivity index is 1.67. The zero-order valence-corrected chi connectivity index (χ0v) is 14.1. The van der Waals surface area contributed by atoms with Crippen LogP contribution in [0, 0.1) is 12.7 Å². The van der Waals surface area contributed by atoms with Gasteiger partial charge < -0.3 is 5.32 Å². The zero-order chi connectivity index (χ0) is 16.9. The van der Waals surface area contributed by atoms with Crippen molar-refractivity contribution >= 4 is 17.2 Å². The van der Waals surface area contributed by atoms with Gasteiger partial charge in [0.15, 0.2) is 0 Å². The molecule has 3 rings (SSSR count). The number of amides is 1. The van der Waals surface area contributed by atoms with E-state index in [9.17, 15) is 9.18 Å². The van der Waals surface area contributed by atoms with Gasteiger partial charge in [-0.3, -0.25) is 4.79 Å². The lowest BCUT2D eigenvalue weighted by molar-refractivity contribution is -0.120. The van der Waals surface area contributed by atoms with Crippen molar-refractivity contribution in [1.29, 1.82) is 0 Å². The molecule has 2 aromatic carbocycles. The van der Waals surface area contributed by atoms with Gasteiger partial charge in [-0.2, -0.15) is 0 Å². The van der Waals surface area contributed by atoms with E-state index in [1.54, 1.807) is 18.2 Å². The predicted octanol–water partition coefficient (Wildman–Crippen LogP) is 4.12. The van der Waals surface area contributed by atoms with E-state index in [1.807, 2.05) is 37.3 Å². The van der Waals surface area contributed by atoms with E-state index in [0.29, 0.717) is 17.1 Å². The Kier molecular flexibility index (Phi) is 5.01. The largest absolute Gasteiger partial charge is 0.352 e. The SMILES string of the molecule is Cc1nc(-c2ccccc2F)sc1CC(=O)NCc1ccccc1. The van der Waals surface area contributed by atoms with Crippen molar-refractivity contribution in [1.82, 2.24) is 10.3 Å². The van der Waals surface area contributed by atoms with E-state index in [4.69, 9.17) is 0 Å². The maximum Gasteiger partial charge on any atom is 0.225 e. The summed E-state index contributed by atoms with van der Waals surface area (Å²) in [4.78, 5) is 17.4. The standard InChI is InChI=1S/C19H17FN2OS/c1-13-17(11-18(23)21-12-14-7-3-2-4-8-14)24-19(22-13)15-9-5-6-10-16(15)20/h2-10H,11-12H2,1H3,(H,21,23). The van der Waals surface area contributed by atoms with Gasteiger partial charge >= 0.3 is 0 Å². The van der Waals surface area contributed by atoms with Crippen molar-refractivity contribution in [2.75, 3.05) is 0 Å². The molecule has 1 amide bonds. The van der Waals surface area contributed by atoms with Gasteiger partial charge in [0, 0.05) is 17.0 Å². The lowest BCUT2D eigenvalue weighted by Crippen LogP contribution is -2.24. The normalized spacial score (nSPS) is 10.6. The molecule has 1 N–H and O–H groups in total. The van der Waals surface area contributed by atoms with Crippen molar-refractivity contribution < 1.29 is 9.18 Å². The highest BCUT2D eigenvalue weighted by atomic mass is 32.1. The van der Waals surface area contributed by atoms with Gasteiger partial charge in [-0.05, 0) is 24.6 Å². The van der Waals surface area contributed by atoms with E-state index in [1.165, 1.54) is 17.4 Å². The monoisotopic (exact) mass is 340 g/mol. The summed E-state index contributed by atoms with van der Waals surface area (Å²) in [5.74, 6) is -0.364. The second-order valence-electron chi connectivity index (χ2n) is 5.45. The fourth-order valence-electron chi connectivity index (χ4n) is 2.35. The van der Waals surface area contributed by atoms with E-state index in [-0.39, 0.29) is 18.1 Å². The van der Waals surface area contributed by atoms with Crippen LogP contribution in [-0.2, 0) is 17.8 Å². The molecular formula is C19H17FN2OS. The molecular weight excluding hydrogens is 323 g/mol. The van der Waals surface area contributed by atoms with Crippen LogP contribution in [0.4, 0.5) is 4.39 Å². The molecule has 0 fully saturated rings. The lowest BCUT2D eigenvalue weighted by Gasteiger charge is -2.04. The number of benzene rings is 2. The number of nitrogens with one attached hydrogen (secondary N) is 1. The molecule has 3 nitrogen and oxygen atoms in total. The number of aryl methyl sites for hydroxylation is 1. The number of aromatic nitrogens is 1. The first-order valence-corrected chi connectivity index (χ1v) is 8.47. The molecule has 0 aliphatic carbocycles. The first-order chi connectivity index (χ1) is 11.6. The van der Waals surface area contributed by atoms with Crippen LogP contribution in [0.3, 0.4) is 0 Å². The number of carbonyl (C=O) groups is 1. The Morgan fingerprint density at radius 2 is 1.83 bits per heavy atom. The van der Waals surface area contributed by atoms with Crippen LogP contribution in [-0.4, -0.2) is 10.9 Å². The van der Waals surface area contributed by atoms with E-state index < -0.39 is 0 Å². The fraction of sp³-hybridized carbons (Fsp3) is 0.158. The van der Waals surface area contributed by atoms with Crippen LogP contribution < -0.4 is 5.32 Å². The number of thiazole rings is 1. The Morgan fingerprint density at radius 3 is 2.58 bits per heavy atom. The van der Waals surface area contributed by atoms with Crippen molar-refractivity contribution in [3.8, 4) is 10.6 Å². The highest BCUT2D eigenvalue weighted by molar-refractivity contribution is 7.15. The molecule has 0 spiro atoms. The van der Waals surface area contributed by atoms with E-state index in [2.05, 4.69) is 10.3 Å². The molecule has 1 aromatic heterocycles. The smallest absolute Gasteiger partial charge is 0.225 e. The molecule has 0 aliphatic heterocycles. The average molecular weight is 340 g/mol. The summed E-state index contributed by atoms with van der Waals surface area (Å²) < 4.78 is 13.9. The molecule has 0 atom stereocenters. The Bertz CT molecular complexity index is 846. The molecule has 0 unspecified atom stereocenters. The van der Waals surface area contributed by atoms with Gasteiger partial charge in [-0.1, -0.05) is 42.5 Å². The van der Waals surface area contributed by atoms with Crippen molar-refractivity contribution in [3.05, 3.63) is 76.5 Å². The second-order valence-corrected chi connectivity index (χ2v) is 6.53. The molecule has 122 valence electrons. The minimum Gasteiger partial charge on any atom is -0.352 e. The van der Waals surface area contributed by atoms with Gasteiger partial charge in [-0.15, -0.1) is 11.3 Å². The number of halogens is 1. The summed E-state index contributed by atoms with van der Waals surface area (Å²) in [5, 5.41) is 3.51. The van der Waals surface area contributed by atoms with Crippen LogP contribution in [0.5, 0.6) is 0 Å². The lowest BCUT2D eigenvalue weighted by atomic mass is 10.2. The average Bonchev–Trinajstić information content (AvgIpc) is 2.95. The van der Waals surface area contributed by atoms with Gasteiger partial charge in [-0.25, -0.2) is 9.37 Å². The quantitative estimate of drug-likeness (QED) is 0.759. The van der Waals surface area contributed by atoms with Crippen molar-refractivity contribution in [2.24, 2.45) is 0 Å². The Hall–Kier alpha value is -2.53. The van der Waals surface area contributed by atoms with E-state index in [0.717, 1.165) is 16.1 Å². The van der Waals surface area contributed by atoms with Crippen LogP contribution in [0.15, 0.2) is 54.6 Å². The van der Waals surface area contributed by atoms with Gasteiger partial charge in [0.05, 0.1) is 12.1 Å². The van der Waals surface area contributed by atoms with Gasteiger partial charge in [0.2, 0.25) is 5.91 Å². The molecule has 0 radical (unpaired) electrons. The summed E-state index contributed by atoms with van der Waals surface area (Å²) in [6.45, 7) is 2.35. The first kappa shape index (κ1) is 16.3. The van der Waals surface area contributed by atoms with Gasteiger partial charge in [0.25, 0.3) is 0 Å². The molecule has 3 aromatic rings. The minimum absolute atomic E-state index is 0.0642. The fourth-order valence-corrected chi connectivity index (χ4v) is 3.43. The number of carbonyl (C=O) groups excluding carboxylic acids is 1. The first-order valence-electron chi connectivity index (χ1n) is 7.65. The molecule has 1 heterocycles. The highest BCUT2D eigenvalue weighted by Crippen LogP contribution is 2.29. The summed E-state index contributed by atoms with van der Waals surface area (Å²) in [5.41, 5.74) is 2.30. The maximum atomic E-state index is 13.9. The summed E-state index contributed by atoms with van der Waals surface area (Å²) in [6.07, 6.45) is 0.255. The number of nitrogens with zero attached hydrogens (tertiary/aromatic N) is 1. The number of hydrogen-bond acceptors (Lipinski definition) is 3. The van der Waals surface area contributed by atoms with Crippen LogP contribution in [0.2, 0.25) is 0 Å². The van der Waals surface area contributed by atoms with Crippen molar-refractivity contribution in [3.63, 3.8) is 0 Å². The minimum atomic E-state index is -0.300. The molecule has 0 aliphatic rings. The second kappa shape index (κ2) is 7.36. The Labute approximate surface area is 144 Å². The third-order valence-electron chi connectivity index (χ3n) is 3.65. The van der Waals surface area contributed by atoms with Crippen LogP contribution in [0.1, 0.15) is 16.1 Å². The zero-order valence-electron chi connectivity index (χ0n) is 13.3. The molecule has 0 bridgehead atoms.